The Bertz CT molecular complexity index is 793. The normalized spacial score (nSPS) is 10.6. The first-order valence-electron chi connectivity index (χ1n) is 6.85. The highest BCUT2D eigenvalue weighted by Gasteiger charge is 2.13. The van der Waals surface area contributed by atoms with Gasteiger partial charge in [0, 0.05) is 15.8 Å². The molecule has 0 saturated carbocycles. The summed E-state index contributed by atoms with van der Waals surface area (Å²) in [5.41, 5.74) is 2.79. The predicted octanol–water partition coefficient (Wildman–Crippen LogP) is 4.06. The molecule has 0 aliphatic rings. The molecule has 0 fully saturated rings. The molecule has 0 radical (unpaired) electrons. The summed E-state index contributed by atoms with van der Waals surface area (Å²) in [4.78, 5) is 22.0. The molecule has 0 atom stereocenters. The summed E-state index contributed by atoms with van der Waals surface area (Å²) in [7, 11) is 0. The second-order valence-corrected chi connectivity index (χ2v) is 7.14. The third-order valence-electron chi connectivity index (χ3n) is 3.10. The molecule has 0 aliphatic heterocycles. The van der Waals surface area contributed by atoms with E-state index < -0.39 is 0 Å². The number of carbonyl (C=O) groups is 1. The molecule has 2 aromatic heterocycles. The van der Waals surface area contributed by atoms with Crippen LogP contribution in [0.2, 0.25) is 0 Å². The van der Waals surface area contributed by atoms with Crippen molar-refractivity contribution < 1.29 is 4.79 Å². The first kappa shape index (κ1) is 14.9. The van der Waals surface area contributed by atoms with Gasteiger partial charge in [0.2, 0.25) is 5.91 Å². The van der Waals surface area contributed by atoms with E-state index in [1.807, 2.05) is 49.6 Å². The lowest BCUT2D eigenvalue weighted by atomic mass is 10.1. The first-order chi connectivity index (χ1) is 10.6. The van der Waals surface area contributed by atoms with Crippen molar-refractivity contribution in [3.05, 3.63) is 51.3 Å². The number of anilines is 1. The number of hydrogen-bond donors (Lipinski definition) is 1. The Balaban J connectivity index is 1.72. The molecule has 2 heterocycles. The Hall–Kier alpha value is -2.05. The average Bonchev–Trinajstić information content (AvgIpc) is 3.05. The van der Waals surface area contributed by atoms with Crippen LogP contribution in [0.4, 0.5) is 5.13 Å². The van der Waals surface area contributed by atoms with Crippen LogP contribution in [-0.2, 0) is 11.2 Å². The van der Waals surface area contributed by atoms with Gasteiger partial charge in [-0.2, -0.15) is 0 Å². The number of nitrogens with one attached hydrogen (secondary N) is 1. The zero-order valence-corrected chi connectivity index (χ0v) is 13.9. The van der Waals surface area contributed by atoms with Crippen molar-refractivity contribution in [3.63, 3.8) is 0 Å². The highest BCUT2D eigenvalue weighted by Crippen LogP contribution is 2.30. The number of rotatable bonds is 4. The van der Waals surface area contributed by atoms with Crippen molar-refractivity contribution in [2.24, 2.45) is 0 Å². The fourth-order valence-corrected chi connectivity index (χ4v) is 3.60. The van der Waals surface area contributed by atoms with Crippen LogP contribution in [0.1, 0.15) is 15.6 Å². The monoisotopic (exact) mass is 329 g/mol. The fourth-order valence-electron chi connectivity index (χ4n) is 2.13. The predicted molar refractivity (Wildman–Crippen MR) is 91.5 cm³/mol. The Morgan fingerprint density at radius 1 is 1.18 bits per heavy atom. The number of amides is 1. The molecule has 3 aromatic rings. The summed E-state index contributed by atoms with van der Waals surface area (Å²) < 4.78 is 0. The molecular weight excluding hydrogens is 314 g/mol. The largest absolute Gasteiger partial charge is 0.302 e. The van der Waals surface area contributed by atoms with Gasteiger partial charge >= 0.3 is 0 Å². The SMILES string of the molecule is Cc1nc(CC(=O)Nc2nc(-c3ccccc3)c(C)s2)cs1. The van der Waals surface area contributed by atoms with Crippen molar-refractivity contribution in [2.75, 3.05) is 5.32 Å². The molecule has 112 valence electrons. The fraction of sp³-hybridized carbons (Fsp3) is 0.188. The Labute approximate surface area is 136 Å². The molecule has 0 bridgehead atoms. The number of nitrogens with zero attached hydrogens (tertiary/aromatic N) is 2. The van der Waals surface area contributed by atoms with E-state index in [1.165, 1.54) is 11.3 Å². The van der Waals surface area contributed by atoms with Gasteiger partial charge in [0.25, 0.3) is 0 Å². The zero-order valence-electron chi connectivity index (χ0n) is 12.3. The molecule has 6 heteroatoms. The summed E-state index contributed by atoms with van der Waals surface area (Å²) >= 11 is 3.04. The minimum atomic E-state index is -0.0846. The molecule has 0 spiro atoms. The van der Waals surface area contributed by atoms with Gasteiger partial charge in [-0.05, 0) is 13.8 Å². The Morgan fingerprint density at radius 2 is 1.95 bits per heavy atom. The maximum Gasteiger partial charge on any atom is 0.232 e. The Morgan fingerprint density at radius 3 is 2.64 bits per heavy atom. The van der Waals surface area contributed by atoms with E-state index in [0.29, 0.717) is 5.13 Å². The Kier molecular flexibility index (Phi) is 4.31. The van der Waals surface area contributed by atoms with E-state index in [2.05, 4.69) is 15.3 Å². The van der Waals surface area contributed by atoms with Gasteiger partial charge in [-0.25, -0.2) is 9.97 Å². The van der Waals surface area contributed by atoms with Crippen LogP contribution in [-0.4, -0.2) is 15.9 Å². The second-order valence-electron chi connectivity index (χ2n) is 4.87. The molecule has 0 unspecified atom stereocenters. The van der Waals surface area contributed by atoms with Crippen LogP contribution in [0, 0.1) is 13.8 Å². The van der Waals surface area contributed by atoms with Gasteiger partial charge in [-0.1, -0.05) is 30.3 Å². The van der Waals surface area contributed by atoms with Gasteiger partial charge in [0.1, 0.15) is 0 Å². The topological polar surface area (TPSA) is 54.9 Å². The van der Waals surface area contributed by atoms with E-state index in [4.69, 9.17) is 0 Å². The summed E-state index contributed by atoms with van der Waals surface area (Å²) in [6.07, 6.45) is 0.281. The molecule has 1 aromatic carbocycles. The molecule has 22 heavy (non-hydrogen) atoms. The van der Waals surface area contributed by atoms with Gasteiger partial charge in [-0.15, -0.1) is 22.7 Å². The van der Waals surface area contributed by atoms with Crippen molar-refractivity contribution >= 4 is 33.7 Å². The van der Waals surface area contributed by atoms with Crippen LogP contribution in [0.25, 0.3) is 11.3 Å². The number of aryl methyl sites for hydroxylation is 2. The smallest absolute Gasteiger partial charge is 0.232 e. The lowest BCUT2D eigenvalue weighted by molar-refractivity contribution is -0.115. The van der Waals surface area contributed by atoms with Crippen molar-refractivity contribution in [1.29, 1.82) is 0 Å². The molecule has 1 amide bonds. The van der Waals surface area contributed by atoms with Crippen molar-refractivity contribution in [3.8, 4) is 11.3 Å². The van der Waals surface area contributed by atoms with E-state index in [0.717, 1.165) is 26.8 Å². The second kappa shape index (κ2) is 6.37. The molecule has 4 nitrogen and oxygen atoms in total. The third kappa shape index (κ3) is 3.40. The molecule has 1 N–H and O–H groups in total. The number of carbonyl (C=O) groups excluding carboxylic acids is 1. The number of aromatic nitrogens is 2. The van der Waals surface area contributed by atoms with E-state index in [1.54, 1.807) is 11.3 Å². The number of hydrogen-bond acceptors (Lipinski definition) is 5. The minimum absolute atomic E-state index is 0.0846. The minimum Gasteiger partial charge on any atom is -0.302 e. The lowest BCUT2D eigenvalue weighted by Gasteiger charge is -1.99. The zero-order chi connectivity index (χ0) is 15.5. The van der Waals surface area contributed by atoms with Crippen LogP contribution < -0.4 is 5.32 Å². The summed E-state index contributed by atoms with van der Waals surface area (Å²) in [6, 6.07) is 9.98. The maximum atomic E-state index is 12.1. The summed E-state index contributed by atoms with van der Waals surface area (Å²) in [5.74, 6) is -0.0846. The van der Waals surface area contributed by atoms with E-state index in [9.17, 15) is 4.79 Å². The van der Waals surface area contributed by atoms with Gasteiger partial charge < -0.3 is 5.32 Å². The van der Waals surface area contributed by atoms with Crippen molar-refractivity contribution in [2.45, 2.75) is 20.3 Å². The number of thiazole rings is 2. The maximum absolute atomic E-state index is 12.1. The lowest BCUT2D eigenvalue weighted by Crippen LogP contribution is -2.14. The molecule has 0 aliphatic carbocycles. The first-order valence-corrected chi connectivity index (χ1v) is 8.55. The van der Waals surface area contributed by atoms with Gasteiger partial charge in [0.15, 0.2) is 5.13 Å². The van der Waals surface area contributed by atoms with Crippen LogP contribution in [0.15, 0.2) is 35.7 Å². The molecular formula is C16H15N3OS2. The summed E-state index contributed by atoms with van der Waals surface area (Å²) in [5, 5.41) is 6.38. The van der Waals surface area contributed by atoms with Gasteiger partial charge in [-0.3, -0.25) is 4.79 Å². The average molecular weight is 329 g/mol. The van der Waals surface area contributed by atoms with Crippen LogP contribution in [0.3, 0.4) is 0 Å². The standard InChI is InChI=1S/C16H15N3OS2/c1-10-15(12-6-4-3-5-7-12)19-16(22-10)18-14(20)8-13-9-21-11(2)17-13/h3-7,9H,8H2,1-2H3,(H,18,19,20). The molecule has 0 saturated heterocycles. The van der Waals surface area contributed by atoms with Crippen molar-refractivity contribution in [1.82, 2.24) is 9.97 Å². The third-order valence-corrected chi connectivity index (χ3v) is 4.81. The number of benzene rings is 1. The van der Waals surface area contributed by atoms with Gasteiger partial charge in [0.05, 0.1) is 22.8 Å². The van der Waals surface area contributed by atoms with E-state index in [-0.39, 0.29) is 12.3 Å². The highest BCUT2D eigenvalue weighted by atomic mass is 32.1. The van der Waals surface area contributed by atoms with Crippen LogP contribution in [0.5, 0.6) is 0 Å². The van der Waals surface area contributed by atoms with E-state index >= 15 is 0 Å². The highest BCUT2D eigenvalue weighted by molar-refractivity contribution is 7.16. The van der Waals surface area contributed by atoms with Crippen LogP contribution >= 0.6 is 22.7 Å². The summed E-state index contributed by atoms with van der Waals surface area (Å²) in [6.45, 7) is 3.95. The quantitative estimate of drug-likeness (QED) is 0.785. The molecule has 3 rings (SSSR count).